The lowest BCUT2D eigenvalue weighted by atomic mass is 9.81. The Morgan fingerprint density at radius 2 is 2.30 bits per heavy atom. The van der Waals surface area contributed by atoms with Gasteiger partial charge in [0, 0.05) is 6.54 Å². The van der Waals surface area contributed by atoms with E-state index in [0.717, 1.165) is 12.3 Å². The fourth-order valence-corrected chi connectivity index (χ4v) is 3.07. The van der Waals surface area contributed by atoms with E-state index in [-0.39, 0.29) is 16.7 Å². The zero-order chi connectivity index (χ0) is 14.5. The SMILES string of the molecule is CC1CCCC(CCNc2ncnc(Cl)c2[N+](=O)[O-])C1. The maximum Gasteiger partial charge on any atom is 0.348 e. The molecule has 2 unspecified atom stereocenters. The summed E-state index contributed by atoms with van der Waals surface area (Å²) in [4.78, 5) is 18.0. The number of nitrogens with one attached hydrogen (secondary N) is 1. The van der Waals surface area contributed by atoms with Gasteiger partial charge in [0.05, 0.1) is 4.92 Å². The number of nitro groups is 1. The number of nitrogens with zero attached hydrogens (tertiary/aromatic N) is 3. The summed E-state index contributed by atoms with van der Waals surface area (Å²) in [5, 5.41) is 13.8. The maximum atomic E-state index is 11.0. The lowest BCUT2D eigenvalue weighted by Gasteiger charge is -2.26. The van der Waals surface area contributed by atoms with Crippen molar-refractivity contribution in [2.45, 2.75) is 39.0 Å². The standard InChI is InChI=1S/C13H19ClN4O2/c1-9-3-2-4-10(7-9)5-6-15-13-11(18(19)20)12(14)16-8-17-13/h8-10H,2-7H2,1H3,(H,15,16,17). The van der Waals surface area contributed by atoms with Crippen LogP contribution in [0.5, 0.6) is 0 Å². The highest BCUT2D eigenvalue weighted by Gasteiger charge is 2.22. The first-order chi connectivity index (χ1) is 9.58. The van der Waals surface area contributed by atoms with Gasteiger partial charge in [-0.1, -0.05) is 37.8 Å². The minimum Gasteiger partial charge on any atom is -0.364 e. The molecule has 7 heteroatoms. The van der Waals surface area contributed by atoms with E-state index in [9.17, 15) is 10.1 Å². The number of anilines is 1. The number of aromatic nitrogens is 2. The van der Waals surface area contributed by atoms with Gasteiger partial charge in [0.1, 0.15) is 6.33 Å². The average molecular weight is 299 g/mol. The Bertz CT molecular complexity index is 483. The van der Waals surface area contributed by atoms with Crippen molar-refractivity contribution in [1.82, 2.24) is 9.97 Å². The van der Waals surface area contributed by atoms with Crippen molar-refractivity contribution in [2.24, 2.45) is 11.8 Å². The highest BCUT2D eigenvalue weighted by Crippen LogP contribution is 2.31. The van der Waals surface area contributed by atoms with Gasteiger partial charge in [-0.15, -0.1) is 0 Å². The molecule has 1 aliphatic carbocycles. The van der Waals surface area contributed by atoms with Crippen LogP contribution in [0.15, 0.2) is 6.33 Å². The van der Waals surface area contributed by atoms with Crippen molar-refractivity contribution in [2.75, 3.05) is 11.9 Å². The van der Waals surface area contributed by atoms with Gasteiger partial charge in [0.25, 0.3) is 0 Å². The van der Waals surface area contributed by atoms with Crippen molar-refractivity contribution in [1.29, 1.82) is 0 Å². The van der Waals surface area contributed by atoms with Crippen LogP contribution >= 0.6 is 11.6 Å². The number of halogens is 1. The van der Waals surface area contributed by atoms with Crippen LogP contribution in [-0.2, 0) is 0 Å². The molecule has 0 aromatic carbocycles. The molecule has 0 aliphatic heterocycles. The molecule has 110 valence electrons. The minimum absolute atomic E-state index is 0.126. The molecule has 2 atom stereocenters. The zero-order valence-corrected chi connectivity index (χ0v) is 12.3. The van der Waals surface area contributed by atoms with E-state index >= 15 is 0 Å². The highest BCUT2D eigenvalue weighted by molar-refractivity contribution is 6.31. The first-order valence-corrected chi connectivity index (χ1v) is 7.34. The fourth-order valence-electron chi connectivity index (χ4n) is 2.87. The molecule has 20 heavy (non-hydrogen) atoms. The van der Waals surface area contributed by atoms with Crippen LogP contribution in [0.1, 0.15) is 39.0 Å². The van der Waals surface area contributed by atoms with Crippen LogP contribution in [0, 0.1) is 22.0 Å². The predicted octanol–water partition coefficient (Wildman–Crippen LogP) is 3.67. The third kappa shape index (κ3) is 3.79. The Kier molecular flexibility index (Phi) is 5.11. The zero-order valence-electron chi connectivity index (χ0n) is 11.5. The smallest absolute Gasteiger partial charge is 0.348 e. The molecule has 1 heterocycles. The Morgan fingerprint density at radius 3 is 3.00 bits per heavy atom. The quantitative estimate of drug-likeness (QED) is 0.509. The van der Waals surface area contributed by atoms with Crippen molar-refractivity contribution in [3.63, 3.8) is 0 Å². The first kappa shape index (κ1) is 15.0. The average Bonchev–Trinajstić information content (AvgIpc) is 2.38. The summed E-state index contributed by atoms with van der Waals surface area (Å²) in [6.45, 7) is 2.96. The van der Waals surface area contributed by atoms with Gasteiger partial charge >= 0.3 is 5.69 Å². The molecule has 0 saturated heterocycles. The molecule has 0 spiro atoms. The number of hydrogen-bond donors (Lipinski definition) is 1. The van der Waals surface area contributed by atoms with Crippen molar-refractivity contribution >= 4 is 23.1 Å². The second-order valence-electron chi connectivity index (χ2n) is 5.47. The van der Waals surface area contributed by atoms with E-state index in [2.05, 4.69) is 22.2 Å². The summed E-state index contributed by atoms with van der Waals surface area (Å²) in [6.07, 6.45) is 7.33. The highest BCUT2D eigenvalue weighted by atomic mass is 35.5. The van der Waals surface area contributed by atoms with E-state index in [1.807, 2.05) is 0 Å². The van der Waals surface area contributed by atoms with Gasteiger partial charge in [-0.3, -0.25) is 10.1 Å². The number of rotatable bonds is 5. The van der Waals surface area contributed by atoms with Crippen molar-refractivity contribution < 1.29 is 4.92 Å². The maximum absolute atomic E-state index is 11.0. The van der Waals surface area contributed by atoms with E-state index in [1.54, 1.807) is 0 Å². The summed E-state index contributed by atoms with van der Waals surface area (Å²) in [6, 6.07) is 0. The molecule has 1 N–H and O–H groups in total. The molecule has 1 saturated carbocycles. The molecular formula is C13H19ClN4O2. The van der Waals surface area contributed by atoms with Crippen LogP contribution in [0.25, 0.3) is 0 Å². The summed E-state index contributed by atoms with van der Waals surface area (Å²) in [7, 11) is 0. The van der Waals surface area contributed by atoms with Gasteiger partial charge in [0.2, 0.25) is 11.0 Å². The van der Waals surface area contributed by atoms with E-state index in [4.69, 9.17) is 11.6 Å². The van der Waals surface area contributed by atoms with Gasteiger partial charge < -0.3 is 5.32 Å². The van der Waals surface area contributed by atoms with Crippen LogP contribution in [-0.4, -0.2) is 21.4 Å². The minimum atomic E-state index is -0.548. The molecule has 1 aromatic heterocycles. The molecule has 0 bridgehead atoms. The third-order valence-electron chi connectivity index (χ3n) is 3.85. The van der Waals surface area contributed by atoms with Gasteiger partial charge in [-0.05, 0) is 24.7 Å². The second-order valence-corrected chi connectivity index (χ2v) is 5.83. The Balaban J connectivity index is 1.91. The molecular weight excluding hydrogens is 280 g/mol. The predicted molar refractivity (Wildman–Crippen MR) is 77.9 cm³/mol. The molecule has 1 fully saturated rings. The first-order valence-electron chi connectivity index (χ1n) is 6.96. The van der Waals surface area contributed by atoms with Crippen LogP contribution in [0.2, 0.25) is 5.15 Å². The van der Waals surface area contributed by atoms with Gasteiger partial charge in [-0.25, -0.2) is 9.97 Å². The van der Waals surface area contributed by atoms with Crippen molar-refractivity contribution in [3.8, 4) is 0 Å². The lowest BCUT2D eigenvalue weighted by Crippen LogP contribution is -2.17. The molecule has 1 aromatic rings. The Hall–Kier alpha value is -1.43. The Labute approximate surface area is 123 Å². The van der Waals surface area contributed by atoms with Crippen molar-refractivity contribution in [3.05, 3.63) is 21.6 Å². The largest absolute Gasteiger partial charge is 0.364 e. The van der Waals surface area contributed by atoms with E-state index < -0.39 is 4.92 Å². The molecule has 0 radical (unpaired) electrons. The molecule has 0 amide bonds. The molecule has 1 aliphatic rings. The third-order valence-corrected chi connectivity index (χ3v) is 4.13. The topological polar surface area (TPSA) is 81.0 Å². The second kappa shape index (κ2) is 6.83. The normalized spacial score (nSPS) is 22.5. The van der Waals surface area contributed by atoms with E-state index in [0.29, 0.717) is 12.5 Å². The molecule has 2 rings (SSSR count). The van der Waals surface area contributed by atoms with Gasteiger partial charge in [0.15, 0.2) is 0 Å². The summed E-state index contributed by atoms with van der Waals surface area (Å²) in [5.41, 5.74) is -0.244. The Morgan fingerprint density at radius 1 is 1.50 bits per heavy atom. The van der Waals surface area contributed by atoms with Crippen LogP contribution in [0.3, 0.4) is 0 Å². The van der Waals surface area contributed by atoms with Gasteiger partial charge in [-0.2, -0.15) is 0 Å². The summed E-state index contributed by atoms with van der Waals surface area (Å²) < 4.78 is 0. The van der Waals surface area contributed by atoms with Crippen LogP contribution < -0.4 is 5.32 Å². The van der Waals surface area contributed by atoms with E-state index in [1.165, 1.54) is 32.0 Å². The summed E-state index contributed by atoms with van der Waals surface area (Å²) in [5.74, 6) is 1.69. The van der Waals surface area contributed by atoms with Crippen LogP contribution in [0.4, 0.5) is 11.5 Å². The number of hydrogen-bond acceptors (Lipinski definition) is 5. The lowest BCUT2D eigenvalue weighted by molar-refractivity contribution is -0.384. The summed E-state index contributed by atoms with van der Waals surface area (Å²) >= 11 is 5.74. The fraction of sp³-hybridized carbons (Fsp3) is 0.692. The monoisotopic (exact) mass is 298 g/mol. The molecule has 6 nitrogen and oxygen atoms in total.